The van der Waals surface area contributed by atoms with Gasteiger partial charge in [-0.15, -0.1) is 13.2 Å². The van der Waals surface area contributed by atoms with Crippen molar-refractivity contribution in [1.82, 2.24) is 0 Å². The van der Waals surface area contributed by atoms with Crippen LogP contribution in [0.15, 0.2) is 37.4 Å². The molecule has 0 atom stereocenters. The van der Waals surface area contributed by atoms with E-state index in [1.54, 1.807) is 6.92 Å². The fourth-order valence-electron chi connectivity index (χ4n) is 2.17. The summed E-state index contributed by atoms with van der Waals surface area (Å²) in [5, 5.41) is 22.9. The van der Waals surface area contributed by atoms with Crippen molar-refractivity contribution in [2.45, 2.75) is 13.3 Å². The summed E-state index contributed by atoms with van der Waals surface area (Å²) in [4.78, 5) is 34.7. The van der Waals surface area contributed by atoms with Gasteiger partial charge in [0, 0.05) is 25.2 Å². The number of hydrogen-bond acceptors (Lipinski definition) is 7. The lowest BCUT2D eigenvalue weighted by molar-refractivity contribution is -0.392. The van der Waals surface area contributed by atoms with Crippen LogP contribution in [0.4, 0.5) is 17.1 Å². The first kappa shape index (κ1) is 19.8. The van der Waals surface area contributed by atoms with Crippen LogP contribution >= 0.6 is 0 Å². The second kappa shape index (κ2) is 9.16. The molecule has 9 heteroatoms. The van der Waals surface area contributed by atoms with Gasteiger partial charge in [-0.1, -0.05) is 19.1 Å². The fourth-order valence-corrected chi connectivity index (χ4v) is 2.17. The maximum atomic E-state index is 12.0. The molecular weight excluding hydrogens is 330 g/mol. The zero-order chi connectivity index (χ0) is 19.0. The number of hydrogen-bond donors (Lipinski definition) is 0. The van der Waals surface area contributed by atoms with Gasteiger partial charge in [-0.2, -0.15) is 0 Å². The molecule has 0 aliphatic carbocycles. The van der Waals surface area contributed by atoms with Gasteiger partial charge >= 0.3 is 17.3 Å². The normalized spacial score (nSPS) is 9.96. The van der Waals surface area contributed by atoms with Gasteiger partial charge in [0.15, 0.2) is 5.69 Å². The maximum Gasteiger partial charge on any atom is 0.338 e. The molecule has 0 bridgehead atoms. The SMILES string of the molecule is C=CCN(CC=C)c1c([N+](=O)[O-])cc(C(=O)OCCC)cc1[N+](=O)[O-]. The van der Waals surface area contributed by atoms with Crippen LogP contribution in [0.25, 0.3) is 0 Å². The Morgan fingerprint density at radius 2 is 1.64 bits per heavy atom. The molecule has 0 aliphatic heterocycles. The van der Waals surface area contributed by atoms with Gasteiger partial charge in [-0.05, 0) is 6.42 Å². The second-order valence-corrected chi connectivity index (χ2v) is 5.00. The van der Waals surface area contributed by atoms with Crippen LogP contribution in [0.5, 0.6) is 0 Å². The Labute approximate surface area is 144 Å². The molecule has 0 aliphatic rings. The first-order valence-electron chi connectivity index (χ1n) is 7.48. The number of esters is 1. The third kappa shape index (κ3) is 4.87. The Balaban J connectivity index is 3.60. The third-order valence-electron chi connectivity index (χ3n) is 3.15. The lowest BCUT2D eigenvalue weighted by Crippen LogP contribution is -2.25. The Morgan fingerprint density at radius 3 is 2.00 bits per heavy atom. The van der Waals surface area contributed by atoms with Crippen molar-refractivity contribution in [3.8, 4) is 0 Å². The van der Waals surface area contributed by atoms with Crippen molar-refractivity contribution in [1.29, 1.82) is 0 Å². The summed E-state index contributed by atoms with van der Waals surface area (Å²) in [5.74, 6) is -0.849. The minimum absolute atomic E-state index is 0.112. The average Bonchev–Trinajstić information content (AvgIpc) is 2.58. The van der Waals surface area contributed by atoms with Crippen molar-refractivity contribution in [3.05, 3.63) is 63.2 Å². The quantitative estimate of drug-likeness (QED) is 0.275. The van der Waals surface area contributed by atoms with E-state index in [0.717, 1.165) is 12.1 Å². The molecule has 9 nitrogen and oxygen atoms in total. The van der Waals surface area contributed by atoms with Crippen molar-refractivity contribution in [3.63, 3.8) is 0 Å². The van der Waals surface area contributed by atoms with E-state index in [9.17, 15) is 25.0 Å². The zero-order valence-electron chi connectivity index (χ0n) is 13.8. The Bertz CT molecular complexity index is 656. The van der Waals surface area contributed by atoms with E-state index in [-0.39, 0.29) is 30.9 Å². The van der Waals surface area contributed by atoms with Gasteiger partial charge < -0.3 is 9.64 Å². The number of ether oxygens (including phenoxy) is 1. The minimum Gasteiger partial charge on any atom is -0.462 e. The molecule has 0 radical (unpaired) electrons. The summed E-state index contributed by atoms with van der Waals surface area (Å²) in [6, 6.07) is 1.97. The fraction of sp³-hybridized carbons (Fsp3) is 0.312. The molecule has 1 aromatic carbocycles. The van der Waals surface area contributed by atoms with Crippen LogP contribution in [0, 0.1) is 20.2 Å². The average molecular weight is 349 g/mol. The number of carbonyl (C=O) groups excluding carboxylic acids is 1. The molecule has 0 saturated carbocycles. The van der Waals surface area contributed by atoms with E-state index in [2.05, 4.69) is 13.2 Å². The van der Waals surface area contributed by atoms with Crippen LogP contribution < -0.4 is 4.90 Å². The van der Waals surface area contributed by atoms with E-state index < -0.39 is 27.2 Å². The lowest BCUT2D eigenvalue weighted by atomic mass is 10.1. The van der Waals surface area contributed by atoms with Crippen LogP contribution in [0.3, 0.4) is 0 Å². The molecule has 0 amide bonds. The van der Waals surface area contributed by atoms with Gasteiger partial charge in [0.2, 0.25) is 0 Å². The van der Waals surface area contributed by atoms with Crippen LogP contribution in [0.1, 0.15) is 23.7 Å². The highest BCUT2D eigenvalue weighted by Gasteiger charge is 2.32. The predicted molar refractivity (Wildman–Crippen MR) is 92.9 cm³/mol. The highest BCUT2D eigenvalue weighted by atomic mass is 16.6. The molecule has 134 valence electrons. The summed E-state index contributed by atoms with van der Waals surface area (Å²) in [6.07, 6.45) is 3.47. The Morgan fingerprint density at radius 1 is 1.16 bits per heavy atom. The molecule has 0 N–H and O–H groups in total. The predicted octanol–water partition coefficient (Wildman–Crippen LogP) is 3.25. The summed E-state index contributed by atoms with van der Waals surface area (Å²) in [7, 11) is 0. The monoisotopic (exact) mass is 349 g/mol. The standard InChI is InChI=1S/C16H19N3O6/c1-4-7-17(8-5-2)15-13(18(21)22)10-12(11-14(15)19(23)24)16(20)25-9-6-3/h4-5,10-11H,1-2,6-9H2,3H3. The molecule has 0 spiro atoms. The number of nitro benzene ring substituents is 2. The number of nitrogens with zero attached hydrogens (tertiary/aromatic N) is 3. The van der Waals surface area contributed by atoms with Gasteiger partial charge in [0.25, 0.3) is 0 Å². The summed E-state index contributed by atoms with van der Waals surface area (Å²) in [5.41, 5.74) is -1.56. The zero-order valence-corrected chi connectivity index (χ0v) is 13.8. The first-order valence-corrected chi connectivity index (χ1v) is 7.48. The first-order chi connectivity index (χ1) is 11.9. The molecule has 1 aromatic rings. The number of nitro groups is 2. The molecule has 1 rings (SSSR count). The minimum atomic E-state index is -0.849. The molecule has 0 unspecified atom stereocenters. The van der Waals surface area contributed by atoms with Crippen molar-refractivity contribution in [2.75, 3.05) is 24.6 Å². The molecule has 0 heterocycles. The summed E-state index contributed by atoms with van der Waals surface area (Å²) in [6.45, 7) is 9.25. The van der Waals surface area contributed by atoms with Gasteiger partial charge in [-0.3, -0.25) is 20.2 Å². The summed E-state index contributed by atoms with van der Waals surface area (Å²) >= 11 is 0. The van der Waals surface area contributed by atoms with E-state index in [4.69, 9.17) is 4.74 Å². The molecule has 0 saturated heterocycles. The van der Waals surface area contributed by atoms with E-state index >= 15 is 0 Å². The van der Waals surface area contributed by atoms with Crippen LogP contribution in [0.2, 0.25) is 0 Å². The number of rotatable bonds is 10. The maximum absolute atomic E-state index is 12.0. The smallest absolute Gasteiger partial charge is 0.338 e. The highest BCUT2D eigenvalue weighted by molar-refractivity contribution is 5.94. The third-order valence-corrected chi connectivity index (χ3v) is 3.15. The van der Waals surface area contributed by atoms with Gasteiger partial charge in [0.1, 0.15) is 0 Å². The Kier molecular flexibility index (Phi) is 7.26. The number of benzene rings is 1. The molecule has 25 heavy (non-hydrogen) atoms. The van der Waals surface area contributed by atoms with Crippen LogP contribution in [-0.4, -0.2) is 35.5 Å². The number of anilines is 1. The molecule has 0 aromatic heterocycles. The molecule has 0 fully saturated rings. The van der Waals surface area contributed by atoms with Crippen molar-refractivity contribution < 1.29 is 19.4 Å². The second-order valence-electron chi connectivity index (χ2n) is 5.00. The van der Waals surface area contributed by atoms with Gasteiger partial charge in [0.05, 0.1) is 22.0 Å². The van der Waals surface area contributed by atoms with Crippen molar-refractivity contribution >= 4 is 23.0 Å². The number of carbonyl (C=O) groups is 1. The van der Waals surface area contributed by atoms with E-state index in [1.165, 1.54) is 17.1 Å². The summed E-state index contributed by atoms with van der Waals surface area (Å²) < 4.78 is 4.91. The lowest BCUT2D eigenvalue weighted by Gasteiger charge is -2.21. The van der Waals surface area contributed by atoms with Gasteiger partial charge in [-0.25, -0.2) is 4.79 Å². The largest absolute Gasteiger partial charge is 0.462 e. The Hall–Kier alpha value is -3.23. The molecular formula is C16H19N3O6. The van der Waals surface area contributed by atoms with Crippen LogP contribution in [-0.2, 0) is 4.74 Å². The van der Waals surface area contributed by atoms with E-state index in [0.29, 0.717) is 6.42 Å². The van der Waals surface area contributed by atoms with Crippen molar-refractivity contribution in [2.24, 2.45) is 0 Å². The topological polar surface area (TPSA) is 116 Å². The van der Waals surface area contributed by atoms with E-state index in [1.807, 2.05) is 0 Å². The highest BCUT2D eigenvalue weighted by Crippen LogP contribution is 2.39.